The van der Waals surface area contributed by atoms with Gasteiger partial charge in [-0.25, -0.2) is 0 Å². The van der Waals surface area contributed by atoms with E-state index in [9.17, 15) is 4.79 Å². The number of nitrogens with zero attached hydrogens (tertiary/aromatic N) is 1. The molecule has 3 N–H and O–H groups in total. The average molecular weight is 359 g/mol. The smallest absolute Gasteiger partial charge is 0.317 e. The number of carbonyl (C=O) groups is 1. The molecule has 0 saturated heterocycles. The predicted molar refractivity (Wildman–Crippen MR) is 110 cm³/mol. The average Bonchev–Trinajstić information content (AvgIpc) is 2.60. The molecule has 0 radical (unpaired) electrons. The molecule has 0 aliphatic rings. The van der Waals surface area contributed by atoms with Crippen LogP contribution in [-0.2, 0) is 4.79 Å². The molecule has 0 heterocycles. The van der Waals surface area contributed by atoms with E-state index in [-0.39, 0.29) is 6.54 Å². The molecule has 0 aliphatic heterocycles. The van der Waals surface area contributed by atoms with Gasteiger partial charge in [0.05, 0.1) is 6.54 Å². The summed E-state index contributed by atoms with van der Waals surface area (Å²) in [4.78, 5) is 11.9. The van der Waals surface area contributed by atoms with Gasteiger partial charge < -0.3 is 15.7 Å². The molecule has 0 spiro atoms. The lowest BCUT2D eigenvalue weighted by Crippen LogP contribution is -2.26. The maximum absolute atomic E-state index is 9.24. The number of rotatable bonds is 17. The number of nitrogens with two attached hydrogens (primary N) is 1. The van der Waals surface area contributed by atoms with E-state index < -0.39 is 5.97 Å². The van der Waals surface area contributed by atoms with Gasteiger partial charge >= 0.3 is 5.97 Å². The fourth-order valence-electron chi connectivity index (χ4n) is 2.97. The molecule has 0 amide bonds. The van der Waals surface area contributed by atoms with Gasteiger partial charge in [0, 0.05) is 0 Å². The van der Waals surface area contributed by atoms with Crippen molar-refractivity contribution in [1.82, 2.24) is 4.90 Å². The molecule has 4 nitrogen and oxygen atoms in total. The fourth-order valence-corrected chi connectivity index (χ4v) is 2.97. The van der Waals surface area contributed by atoms with Crippen LogP contribution in [0.3, 0.4) is 0 Å². The highest BCUT2D eigenvalue weighted by atomic mass is 16.4. The van der Waals surface area contributed by atoms with Gasteiger partial charge in [-0.15, -0.1) is 0 Å². The second-order valence-corrected chi connectivity index (χ2v) is 6.98. The lowest BCUT2D eigenvalue weighted by atomic mass is 10.1. The van der Waals surface area contributed by atoms with Gasteiger partial charge in [-0.05, 0) is 38.9 Å². The quantitative estimate of drug-likeness (QED) is 0.339. The van der Waals surface area contributed by atoms with E-state index in [1.807, 2.05) is 0 Å². The van der Waals surface area contributed by atoms with Crippen LogP contribution in [0, 0.1) is 0 Å². The minimum atomic E-state index is -0.968. The minimum Gasteiger partial charge on any atom is -0.480 e. The highest BCUT2D eigenvalue weighted by Gasteiger charge is 2.01. The van der Waals surface area contributed by atoms with E-state index in [0.29, 0.717) is 0 Å². The molecule has 0 aromatic carbocycles. The number of hydrogen-bond donors (Lipinski definition) is 2. The Morgan fingerprint density at radius 2 is 1.04 bits per heavy atom. The molecule has 152 valence electrons. The Morgan fingerprint density at radius 1 is 0.680 bits per heavy atom. The molecule has 0 rings (SSSR count). The zero-order chi connectivity index (χ0) is 19.2. The van der Waals surface area contributed by atoms with Crippen molar-refractivity contribution in [3.63, 3.8) is 0 Å². The summed E-state index contributed by atoms with van der Waals surface area (Å²) in [5.41, 5.74) is 4.57. The molecule has 0 bridgehead atoms. The van der Waals surface area contributed by atoms with Crippen molar-refractivity contribution in [2.24, 2.45) is 5.73 Å². The first-order chi connectivity index (χ1) is 12.1. The SMILES string of the molecule is CCCCCCCCCCCCCN(CCC)CCC.NCC(=O)O. The van der Waals surface area contributed by atoms with Gasteiger partial charge in [-0.1, -0.05) is 85.0 Å². The second kappa shape index (κ2) is 23.4. The first kappa shape index (κ1) is 26.6. The van der Waals surface area contributed by atoms with E-state index in [1.165, 1.54) is 103 Å². The maximum Gasteiger partial charge on any atom is 0.317 e. The molecule has 0 saturated carbocycles. The molecule has 0 aromatic heterocycles. The zero-order valence-corrected chi connectivity index (χ0v) is 17.4. The van der Waals surface area contributed by atoms with Crippen LogP contribution in [0.2, 0.25) is 0 Å². The van der Waals surface area contributed by atoms with E-state index in [2.05, 4.69) is 31.4 Å². The fraction of sp³-hybridized carbons (Fsp3) is 0.952. The summed E-state index contributed by atoms with van der Waals surface area (Å²) in [6.45, 7) is 10.5. The Labute approximate surface area is 157 Å². The van der Waals surface area contributed by atoms with Crippen LogP contribution in [0.15, 0.2) is 0 Å². The molecule has 25 heavy (non-hydrogen) atoms. The van der Waals surface area contributed by atoms with E-state index in [1.54, 1.807) is 0 Å². The Hall–Kier alpha value is -0.610. The number of carboxylic acid groups (broad SMARTS) is 1. The van der Waals surface area contributed by atoms with Crippen LogP contribution in [0.4, 0.5) is 0 Å². The van der Waals surface area contributed by atoms with Crippen molar-refractivity contribution in [1.29, 1.82) is 0 Å². The molecule has 4 heteroatoms. The lowest BCUT2D eigenvalue weighted by Gasteiger charge is -2.20. The second-order valence-electron chi connectivity index (χ2n) is 6.98. The topological polar surface area (TPSA) is 66.6 Å². The molecule has 0 unspecified atom stereocenters. The highest BCUT2D eigenvalue weighted by molar-refractivity contribution is 5.68. The van der Waals surface area contributed by atoms with Crippen molar-refractivity contribution >= 4 is 5.97 Å². The third kappa shape index (κ3) is 25.7. The van der Waals surface area contributed by atoms with Gasteiger partial charge in [-0.2, -0.15) is 0 Å². The molecular formula is C21H46N2O2. The Bertz CT molecular complexity index is 254. The lowest BCUT2D eigenvalue weighted by molar-refractivity contribution is -0.135. The van der Waals surface area contributed by atoms with Crippen LogP contribution in [0.25, 0.3) is 0 Å². The van der Waals surface area contributed by atoms with Crippen LogP contribution < -0.4 is 5.73 Å². The van der Waals surface area contributed by atoms with E-state index in [4.69, 9.17) is 5.11 Å². The predicted octanol–water partition coefficient (Wildman–Crippen LogP) is 5.45. The normalized spacial score (nSPS) is 10.6. The molecule has 0 atom stereocenters. The van der Waals surface area contributed by atoms with Crippen molar-refractivity contribution in [3.8, 4) is 0 Å². The highest BCUT2D eigenvalue weighted by Crippen LogP contribution is 2.11. The van der Waals surface area contributed by atoms with Crippen LogP contribution >= 0.6 is 0 Å². The third-order valence-corrected chi connectivity index (χ3v) is 4.33. The van der Waals surface area contributed by atoms with Crippen molar-refractivity contribution in [3.05, 3.63) is 0 Å². The summed E-state index contributed by atoms with van der Waals surface area (Å²) < 4.78 is 0. The number of hydrogen-bond acceptors (Lipinski definition) is 3. The Balaban J connectivity index is 0. The standard InChI is InChI=1S/C19H41N.C2H5NO2/c1-4-7-8-9-10-11-12-13-14-15-16-19-20(17-5-2)18-6-3;3-1-2(4)5/h4-19H2,1-3H3;1,3H2,(H,4,5). The van der Waals surface area contributed by atoms with E-state index in [0.717, 1.165) is 0 Å². The number of carboxylic acids is 1. The van der Waals surface area contributed by atoms with Crippen molar-refractivity contribution in [2.75, 3.05) is 26.2 Å². The summed E-state index contributed by atoms with van der Waals surface area (Å²) >= 11 is 0. The summed E-state index contributed by atoms with van der Waals surface area (Å²) in [7, 11) is 0. The summed E-state index contributed by atoms with van der Waals surface area (Å²) in [5.74, 6) is -0.968. The monoisotopic (exact) mass is 358 g/mol. The number of aliphatic carboxylic acids is 1. The zero-order valence-electron chi connectivity index (χ0n) is 17.4. The van der Waals surface area contributed by atoms with Gasteiger partial charge in [0.1, 0.15) is 0 Å². The molecular weight excluding hydrogens is 312 g/mol. The van der Waals surface area contributed by atoms with Crippen LogP contribution in [-0.4, -0.2) is 42.2 Å². The maximum atomic E-state index is 9.24. The van der Waals surface area contributed by atoms with Crippen LogP contribution in [0.1, 0.15) is 104 Å². The molecule has 0 aromatic rings. The molecule has 0 fully saturated rings. The van der Waals surface area contributed by atoms with Crippen molar-refractivity contribution in [2.45, 2.75) is 104 Å². The van der Waals surface area contributed by atoms with Crippen LogP contribution in [0.5, 0.6) is 0 Å². The Morgan fingerprint density at radius 3 is 1.36 bits per heavy atom. The van der Waals surface area contributed by atoms with Gasteiger partial charge in [-0.3, -0.25) is 4.79 Å². The summed E-state index contributed by atoms with van der Waals surface area (Å²) in [6.07, 6.45) is 18.5. The number of unbranched alkanes of at least 4 members (excludes halogenated alkanes) is 10. The first-order valence-electron chi connectivity index (χ1n) is 10.8. The summed E-state index contributed by atoms with van der Waals surface area (Å²) in [5, 5.41) is 7.60. The van der Waals surface area contributed by atoms with Gasteiger partial charge in [0.15, 0.2) is 0 Å². The Kier molecular flexibility index (Phi) is 24.9. The largest absolute Gasteiger partial charge is 0.480 e. The minimum absolute atomic E-state index is 0.278. The van der Waals surface area contributed by atoms with E-state index >= 15 is 0 Å². The van der Waals surface area contributed by atoms with Gasteiger partial charge in [0.25, 0.3) is 0 Å². The third-order valence-electron chi connectivity index (χ3n) is 4.33. The van der Waals surface area contributed by atoms with Gasteiger partial charge in [0.2, 0.25) is 0 Å². The molecule has 0 aliphatic carbocycles. The van der Waals surface area contributed by atoms with Crippen molar-refractivity contribution < 1.29 is 9.90 Å². The first-order valence-corrected chi connectivity index (χ1v) is 10.8. The summed E-state index contributed by atoms with van der Waals surface area (Å²) in [6, 6.07) is 0.